The highest BCUT2D eigenvalue weighted by atomic mass is 35.5. The molecule has 1 aromatic heterocycles. The van der Waals surface area contributed by atoms with Crippen LogP contribution in [0.1, 0.15) is 11.4 Å². The summed E-state index contributed by atoms with van der Waals surface area (Å²) in [5.41, 5.74) is 0.840. The first-order valence-corrected chi connectivity index (χ1v) is 9.49. The molecule has 0 saturated carbocycles. The molecule has 0 atom stereocenters. The average molecular weight is 397 g/mol. The number of benzene rings is 2. The van der Waals surface area contributed by atoms with Crippen molar-refractivity contribution < 1.29 is 13.2 Å². The van der Waals surface area contributed by atoms with Gasteiger partial charge in [0.15, 0.2) is 5.75 Å². The molecule has 0 N–H and O–H groups in total. The Bertz CT molecular complexity index is 1010. The summed E-state index contributed by atoms with van der Waals surface area (Å²) in [7, 11) is -3.84. The summed E-state index contributed by atoms with van der Waals surface area (Å²) in [6.07, 6.45) is 0. The van der Waals surface area contributed by atoms with Crippen molar-refractivity contribution in [1.82, 2.24) is 9.19 Å². The number of hydrogen-bond acceptors (Lipinski definition) is 4. The van der Waals surface area contributed by atoms with E-state index in [0.29, 0.717) is 32.9 Å². The molecular weight excluding hydrogens is 383 g/mol. The molecule has 0 radical (unpaired) electrons. The molecule has 0 bridgehead atoms. The van der Waals surface area contributed by atoms with Crippen molar-refractivity contribution in [3.63, 3.8) is 0 Å². The molecule has 25 heavy (non-hydrogen) atoms. The van der Waals surface area contributed by atoms with E-state index >= 15 is 0 Å². The van der Waals surface area contributed by atoms with Crippen LogP contribution in [0.2, 0.25) is 10.0 Å². The van der Waals surface area contributed by atoms with E-state index in [2.05, 4.69) is 5.10 Å². The van der Waals surface area contributed by atoms with Crippen LogP contribution in [0.15, 0.2) is 53.4 Å². The minimum atomic E-state index is -3.84. The summed E-state index contributed by atoms with van der Waals surface area (Å²) in [6.45, 7) is 3.32. The van der Waals surface area contributed by atoms with Gasteiger partial charge in [-0.05, 0) is 62.4 Å². The first-order chi connectivity index (χ1) is 11.8. The van der Waals surface area contributed by atoms with Crippen molar-refractivity contribution in [1.29, 1.82) is 0 Å². The highest BCUT2D eigenvalue weighted by Gasteiger charge is 2.24. The highest BCUT2D eigenvalue weighted by Crippen LogP contribution is 2.31. The standard InChI is InChI=1S/C17H14Cl2N2O3S/c1-11-17(24-15-7-3-13(18)4-8-15)12(2)21(20-11)25(22,23)16-9-5-14(19)6-10-16/h3-10H,1-2H3. The lowest BCUT2D eigenvalue weighted by Crippen LogP contribution is -2.16. The third kappa shape index (κ3) is 3.51. The Balaban J connectivity index is 2.01. The molecule has 3 aromatic rings. The Labute approximate surface area is 155 Å². The first kappa shape index (κ1) is 17.8. The Kier molecular flexibility index (Phi) is 4.77. The van der Waals surface area contributed by atoms with E-state index in [9.17, 15) is 8.42 Å². The smallest absolute Gasteiger partial charge is 0.283 e. The van der Waals surface area contributed by atoms with Crippen molar-refractivity contribution in [3.8, 4) is 11.5 Å². The lowest BCUT2D eigenvalue weighted by atomic mass is 10.3. The molecule has 0 unspecified atom stereocenters. The predicted octanol–water partition coefficient (Wildman–Crippen LogP) is 4.84. The highest BCUT2D eigenvalue weighted by molar-refractivity contribution is 7.89. The van der Waals surface area contributed by atoms with Gasteiger partial charge >= 0.3 is 0 Å². The average Bonchev–Trinajstić information content (AvgIpc) is 2.86. The van der Waals surface area contributed by atoms with Gasteiger partial charge in [-0.1, -0.05) is 23.2 Å². The lowest BCUT2D eigenvalue weighted by molar-refractivity contribution is 0.475. The van der Waals surface area contributed by atoms with Crippen LogP contribution in [0.5, 0.6) is 11.5 Å². The summed E-state index contributed by atoms with van der Waals surface area (Å²) in [6, 6.07) is 12.7. The van der Waals surface area contributed by atoms with Gasteiger partial charge in [0.05, 0.1) is 10.6 Å². The van der Waals surface area contributed by atoms with E-state index in [1.807, 2.05) is 0 Å². The summed E-state index contributed by atoms with van der Waals surface area (Å²) < 4.78 is 32.4. The van der Waals surface area contributed by atoms with Gasteiger partial charge in [-0.2, -0.15) is 17.6 Å². The zero-order valence-electron chi connectivity index (χ0n) is 13.4. The van der Waals surface area contributed by atoms with Gasteiger partial charge in [0, 0.05) is 10.0 Å². The van der Waals surface area contributed by atoms with Crippen molar-refractivity contribution in [2.75, 3.05) is 0 Å². The zero-order valence-corrected chi connectivity index (χ0v) is 15.7. The van der Waals surface area contributed by atoms with Crippen molar-refractivity contribution in [3.05, 3.63) is 70.0 Å². The molecular formula is C17H14Cl2N2O3S. The molecule has 8 heteroatoms. The van der Waals surface area contributed by atoms with Crippen molar-refractivity contribution >= 4 is 33.2 Å². The Morgan fingerprint density at radius 1 is 0.920 bits per heavy atom. The van der Waals surface area contributed by atoms with Gasteiger partial charge in [0.1, 0.15) is 11.4 Å². The van der Waals surface area contributed by atoms with Crippen molar-refractivity contribution in [2.45, 2.75) is 18.7 Å². The van der Waals surface area contributed by atoms with Crippen LogP contribution in [0.25, 0.3) is 0 Å². The molecule has 130 valence electrons. The zero-order chi connectivity index (χ0) is 18.2. The van der Waals surface area contributed by atoms with Gasteiger partial charge in [0.25, 0.3) is 10.0 Å². The number of aryl methyl sites for hydroxylation is 1. The summed E-state index contributed by atoms with van der Waals surface area (Å²) in [5.74, 6) is 0.930. The van der Waals surface area contributed by atoms with Crippen LogP contribution in [0.4, 0.5) is 0 Å². The van der Waals surface area contributed by atoms with Gasteiger partial charge in [-0.25, -0.2) is 0 Å². The summed E-state index contributed by atoms with van der Waals surface area (Å²) >= 11 is 11.7. The molecule has 0 aliphatic heterocycles. The number of ether oxygens (including phenoxy) is 1. The summed E-state index contributed by atoms with van der Waals surface area (Å²) in [4.78, 5) is 0.0977. The minimum absolute atomic E-state index is 0.0977. The van der Waals surface area contributed by atoms with E-state index in [4.69, 9.17) is 27.9 Å². The molecule has 0 aliphatic carbocycles. The van der Waals surface area contributed by atoms with E-state index in [1.165, 1.54) is 24.3 Å². The molecule has 0 saturated heterocycles. The maximum Gasteiger partial charge on any atom is 0.283 e. The molecule has 0 fully saturated rings. The molecule has 0 spiro atoms. The fourth-order valence-corrected chi connectivity index (χ4v) is 3.92. The quantitative estimate of drug-likeness (QED) is 0.632. The van der Waals surface area contributed by atoms with E-state index in [-0.39, 0.29) is 4.90 Å². The van der Waals surface area contributed by atoms with E-state index < -0.39 is 10.0 Å². The van der Waals surface area contributed by atoms with Crippen LogP contribution in [0, 0.1) is 13.8 Å². The topological polar surface area (TPSA) is 61.2 Å². The third-order valence-electron chi connectivity index (χ3n) is 3.56. The number of halogens is 2. The van der Waals surface area contributed by atoms with Crippen LogP contribution in [0.3, 0.4) is 0 Å². The van der Waals surface area contributed by atoms with E-state index in [1.54, 1.807) is 38.1 Å². The lowest BCUT2D eigenvalue weighted by Gasteiger charge is -2.08. The van der Waals surface area contributed by atoms with Gasteiger partial charge < -0.3 is 4.74 Å². The Morgan fingerprint density at radius 2 is 1.44 bits per heavy atom. The van der Waals surface area contributed by atoms with Gasteiger partial charge in [-0.15, -0.1) is 0 Å². The van der Waals surface area contributed by atoms with Crippen LogP contribution < -0.4 is 4.74 Å². The number of nitrogens with zero attached hydrogens (tertiary/aromatic N) is 2. The first-order valence-electron chi connectivity index (χ1n) is 7.30. The molecule has 3 rings (SSSR count). The molecule has 0 amide bonds. The number of rotatable bonds is 4. The second-order valence-electron chi connectivity index (χ2n) is 5.36. The molecule has 1 heterocycles. The second kappa shape index (κ2) is 6.71. The van der Waals surface area contributed by atoms with Gasteiger partial charge in [-0.3, -0.25) is 0 Å². The minimum Gasteiger partial charge on any atom is -0.453 e. The molecule has 2 aromatic carbocycles. The number of aromatic nitrogens is 2. The SMILES string of the molecule is Cc1nn(S(=O)(=O)c2ccc(Cl)cc2)c(C)c1Oc1ccc(Cl)cc1. The maximum atomic E-state index is 12.8. The Hall–Kier alpha value is -2.02. The third-order valence-corrected chi connectivity index (χ3v) is 5.74. The largest absolute Gasteiger partial charge is 0.453 e. The van der Waals surface area contributed by atoms with Crippen LogP contribution >= 0.6 is 23.2 Å². The molecule has 0 aliphatic rings. The monoisotopic (exact) mass is 396 g/mol. The fourth-order valence-electron chi connectivity index (χ4n) is 2.31. The van der Waals surface area contributed by atoms with Crippen LogP contribution in [-0.2, 0) is 10.0 Å². The second-order valence-corrected chi connectivity index (χ2v) is 8.00. The summed E-state index contributed by atoms with van der Waals surface area (Å²) in [5, 5.41) is 5.18. The van der Waals surface area contributed by atoms with Crippen LogP contribution in [-0.4, -0.2) is 17.6 Å². The maximum absolute atomic E-state index is 12.8. The van der Waals surface area contributed by atoms with Crippen molar-refractivity contribution in [2.24, 2.45) is 0 Å². The normalized spacial score (nSPS) is 11.5. The number of hydrogen-bond donors (Lipinski definition) is 0. The Morgan fingerprint density at radius 3 is 2.00 bits per heavy atom. The molecule has 5 nitrogen and oxygen atoms in total. The van der Waals surface area contributed by atoms with E-state index in [0.717, 1.165) is 4.09 Å². The fraction of sp³-hybridized carbons (Fsp3) is 0.118. The van der Waals surface area contributed by atoms with Gasteiger partial charge in [0.2, 0.25) is 0 Å². The predicted molar refractivity (Wildman–Crippen MR) is 97.3 cm³/mol.